The Morgan fingerprint density at radius 1 is 0.560 bits per heavy atom. The quantitative estimate of drug-likeness (QED) is 0.432. The van der Waals surface area contributed by atoms with Gasteiger partial charge in [0.15, 0.2) is 34.9 Å². The minimum atomic E-state index is -3.15. The summed E-state index contributed by atoms with van der Waals surface area (Å²) in [5.41, 5.74) is 0. The average molecular weight is 394 g/mol. The standard InChI is InChI=1S/C16H16F6OSi2/c1-24(2,11-7-5-9(17)13(19)15(11)21)23-25(3,4)12-8-6-10(18)14(20)16(12)22/h5-8H,1-4H3. The lowest BCUT2D eigenvalue weighted by Gasteiger charge is -2.34. The SMILES string of the molecule is C[Si](C)(O[Si](C)(C)c1ccc(F)c(F)c1F)c1ccc(F)c(F)c1F. The predicted molar refractivity (Wildman–Crippen MR) is 87.9 cm³/mol. The van der Waals surface area contributed by atoms with E-state index in [0.29, 0.717) is 0 Å². The molecule has 0 radical (unpaired) electrons. The molecule has 0 N–H and O–H groups in total. The van der Waals surface area contributed by atoms with E-state index in [0.717, 1.165) is 24.3 Å². The van der Waals surface area contributed by atoms with E-state index in [4.69, 9.17) is 4.12 Å². The normalized spacial score (nSPS) is 12.6. The Balaban J connectivity index is 2.46. The van der Waals surface area contributed by atoms with Crippen molar-refractivity contribution in [3.63, 3.8) is 0 Å². The summed E-state index contributed by atoms with van der Waals surface area (Å²) in [5.74, 6) is -8.58. The van der Waals surface area contributed by atoms with Crippen LogP contribution in [-0.4, -0.2) is 16.6 Å². The zero-order valence-electron chi connectivity index (χ0n) is 14.0. The van der Waals surface area contributed by atoms with Crippen molar-refractivity contribution in [2.24, 2.45) is 0 Å². The molecule has 2 aromatic rings. The van der Waals surface area contributed by atoms with Gasteiger partial charge in [0, 0.05) is 10.4 Å². The second-order valence-corrected chi connectivity index (χ2v) is 14.5. The first-order valence-corrected chi connectivity index (χ1v) is 13.2. The van der Waals surface area contributed by atoms with E-state index in [1.165, 1.54) is 26.2 Å². The smallest absolute Gasteiger partial charge is 0.209 e. The minimum Gasteiger partial charge on any atom is -0.449 e. The lowest BCUT2D eigenvalue weighted by molar-refractivity contribution is 0.446. The van der Waals surface area contributed by atoms with Crippen molar-refractivity contribution in [1.82, 2.24) is 0 Å². The van der Waals surface area contributed by atoms with E-state index in [1.54, 1.807) is 0 Å². The van der Waals surface area contributed by atoms with Crippen LogP contribution in [0.5, 0.6) is 0 Å². The van der Waals surface area contributed by atoms with Gasteiger partial charge in [-0.3, -0.25) is 0 Å². The van der Waals surface area contributed by atoms with Gasteiger partial charge >= 0.3 is 0 Å². The van der Waals surface area contributed by atoms with E-state index >= 15 is 0 Å². The number of halogens is 6. The van der Waals surface area contributed by atoms with Gasteiger partial charge in [-0.15, -0.1) is 0 Å². The molecule has 0 bridgehead atoms. The summed E-state index contributed by atoms with van der Waals surface area (Å²) in [4.78, 5) is 0. The number of rotatable bonds is 4. The summed E-state index contributed by atoms with van der Waals surface area (Å²) >= 11 is 0. The maximum absolute atomic E-state index is 14.1. The molecule has 1 nitrogen and oxygen atoms in total. The van der Waals surface area contributed by atoms with Crippen molar-refractivity contribution in [3.05, 3.63) is 59.2 Å². The largest absolute Gasteiger partial charge is 0.449 e. The van der Waals surface area contributed by atoms with Gasteiger partial charge in [0.25, 0.3) is 0 Å². The fourth-order valence-corrected chi connectivity index (χ4v) is 11.0. The van der Waals surface area contributed by atoms with Crippen molar-refractivity contribution < 1.29 is 30.5 Å². The van der Waals surface area contributed by atoms with Crippen LogP contribution in [0.4, 0.5) is 26.3 Å². The highest BCUT2D eigenvalue weighted by molar-refractivity contribution is 6.96. The summed E-state index contributed by atoms with van der Waals surface area (Å²) in [5, 5.41) is -0.259. The Bertz CT molecular complexity index is 755. The third-order valence-corrected chi connectivity index (χ3v) is 11.3. The topological polar surface area (TPSA) is 9.23 Å². The maximum Gasteiger partial charge on any atom is 0.209 e. The molecule has 0 spiro atoms. The molecule has 0 saturated heterocycles. The molecule has 0 aliphatic heterocycles. The van der Waals surface area contributed by atoms with Gasteiger partial charge in [-0.05, 0) is 38.3 Å². The van der Waals surface area contributed by atoms with Gasteiger partial charge in [-0.25, -0.2) is 26.3 Å². The van der Waals surface area contributed by atoms with E-state index in [2.05, 4.69) is 0 Å². The molecule has 0 heterocycles. The molecule has 0 fully saturated rings. The molecule has 136 valence electrons. The van der Waals surface area contributed by atoms with Crippen LogP contribution in [0.3, 0.4) is 0 Å². The van der Waals surface area contributed by atoms with Crippen molar-refractivity contribution in [1.29, 1.82) is 0 Å². The average Bonchev–Trinajstić information content (AvgIpc) is 2.48. The number of benzene rings is 2. The highest BCUT2D eigenvalue weighted by Gasteiger charge is 2.40. The molecule has 25 heavy (non-hydrogen) atoms. The Kier molecular flexibility index (Phi) is 5.22. The Labute approximate surface area is 143 Å². The van der Waals surface area contributed by atoms with E-state index in [1.807, 2.05) is 0 Å². The second kappa shape index (κ2) is 6.62. The van der Waals surface area contributed by atoms with Crippen molar-refractivity contribution >= 4 is 27.0 Å². The van der Waals surface area contributed by atoms with Gasteiger partial charge < -0.3 is 4.12 Å². The van der Waals surface area contributed by atoms with Gasteiger partial charge in [0.2, 0.25) is 16.6 Å². The molecule has 9 heteroatoms. The molecule has 2 aromatic carbocycles. The summed E-state index contributed by atoms with van der Waals surface area (Å²) in [7, 11) is -6.31. The second-order valence-electron chi connectivity index (χ2n) is 6.57. The summed E-state index contributed by atoms with van der Waals surface area (Å²) in [6.07, 6.45) is 0. The third kappa shape index (κ3) is 3.68. The molecule has 0 aromatic heterocycles. The maximum atomic E-state index is 14.1. The lowest BCUT2D eigenvalue weighted by atomic mass is 10.3. The van der Waals surface area contributed by atoms with E-state index in [9.17, 15) is 26.3 Å². The van der Waals surface area contributed by atoms with Gasteiger partial charge in [0.1, 0.15) is 0 Å². The van der Waals surface area contributed by atoms with Crippen LogP contribution < -0.4 is 10.4 Å². The minimum absolute atomic E-state index is 0.130. The van der Waals surface area contributed by atoms with Crippen molar-refractivity contribution in [2.45, 2.75) is 26.2 Å². The molecule has 2 rings (SSSR count). The molecule has 0 amide bonds. The number of hydrogen-bond donors (Lipinski definition) is 0. The summed E-state index contributed by atoms with van der Waals surface area (Å²) in [6, 6.07) is 3.76. The first-order chi connectivity index (χ1) is 11.4. The van der Waals surface area contributed by atoms with Crippen LogP contribution in [0.15, 0.2) is 24.3 Å². The highest BCUT2D eigenvalue weighted by Crippen LogP contribution is 2.20. The summed E-state index contributed by atoms with van der Waals surface area (Å²) in [6.45, 7) is 6.15. The molecular weight excluding hydrogens is 378 g/mol. The van der Waals surface area contributed by atoms with Crippen LogP contribution in [-0.2, 0) is 4.12 Å². The molecular formula is C16H16F6OSi2. The third-order valence-electron chi connectivity index (χ3n) is 3.88. The zero-order valence-corrected chi connectivity index (χ0v) is 16.0. The van der Waals surface area contributed by atoms with Gasteiger partial charge in [-0.1, -0.05) is 12.1 Å². The summed E-state index contributed by atoms with van der Waals surface area (Å²) < 4.78 is 87.5. The number of hydrogen-bond acceptors (Lipinski definition) is 1. The van der Waals surface area contributed by atoms with Crippen LogP contribution >= 0.6 is 0 Å². The van der Waals surface area contributed by atoms with Crippen molar-refractivity contribution in [3.8, 4) is 0 Å². The fourth-order valence-electron chi connectivity index (χ4n) is 2.73. The van der Waals surface area contributed by atoms with Crippen LogP contribution in [0.1, 0.15) is 0 Å². The van der Waals surface area contributed by atoms with Gasteiger partial charge in [0.05, 0.1) is 0 Å². The van der Waals surface area contributed by atoms with E-state index < -0.39 is 51.5 Å². The molecule has 0 aliphatic rings. The predicted octanol–water partition coefficient (Wildman–Crippen LogP) is 4.06. The van der Waals surface area contributed by atoms with Crippen molar-refractivity contribution in [2.75, 3.05) is 0 Å². The Morgan fingerprint density at radius 2 is 0.880 bits per heavy atom. The Hall–Kier alpha value is -1.59. The lowest BCUT2D eigenvalue weighted by Crippen LogP contribution is -2.59. The molecule has 0 aliphatic carbocycles. The molecule has 0 saturated carbocycles. The molecule has 0 unspecified atom stereocenters. The first kappa shape index (κ1) is 19.7. The fraction of sp³-hybridized carbons (Fsp3) is 0.250. The van der Waals surface area contributed by atoms with E-state index in [-0.39, 0.29) is 10.4 Å². The Morgan fingerprint density at radius 3 is 1.20 bits per heavy atom. The first-order valence-electron chi connectivity index (χ1n) is 7.36. The monoisotopic (exact) mass is 394 g/mol. The van der Waals surface area contributed by atoms with Gasteiger partial charge in [-0.2, -0.15) is 0 Å². The molecule has 0 atom stereocenters. The van der Waals surface area contributed by atoms with Crippen LogP contribution in [0, 0.1) is 34.9 Å². The van der Waals surface area contributed by atoms with Crippen LogP contribution in [0.25, 0.3) is 0 Å². The van der Waals surface area contributed by atoms with Crippen LogP contribution in [0.2, 0.25) is 26.2 Å². The zero-order chi connectivity index (χ0) is 19.2. The highest BCUT2D eigenvalue weighted by atomic mass is 28.4.